The fourth-order valence-electron chi connectivity index (χ4n) is 3.73. The first-order valence-electron chi connectivity index (χ1n) is 11.7. The Balaban J connectivity index is 2.31. The Bertz CT molecular complexity index is 805. The quantitative estimate of drug-likeness (QED) is 0.674. The average molecular weight is 446 g/mol. The van der Waals surface area contributed by atoms with Crippen molar-refractivity contribution in [2.24, 2.45) is 5.92 Å². The first-order chi connectivity index (χ1) is 15.2. The molecule has 8 heteroatoms. The van der Waals surface area contributed by atoms with Crippen LogP contribution in [-0.2, 0) is 4.79 Å². The predicted molar refractivity (Wildman–Crippen MR) is 129 cm³/mol. The Morgan fingerprint density at radius 2 is 1.69 bits per heavy atom. The molecule has 1 fully saturated rings. The maximum atomic E-state index is 13.3. The van der Waals surface area contributed by atoms with Gasteiger partial charge in [0, 0.05) is 62.6 Å². The molecule has 1 aliphatic rings. The van der Waals surface area contributed by atoms with Gasteiger partial charge in [0.1, 0.15) is 0 Å². The Labute approximate surface area is 192 Å². The van der Waals surface area contributed by atoms with E-state index in [1.54, 1.807) is 11.0 Å². The van der Waals surface area contributed by atoms with Crippen LogP contribution in [0.25, 0.3) is 0 Å². The zero-order valence-corrected chi connectivity index (χ0v) is 20.4. The summed E-state index contributed by atoms with van der Waals surface area (Å²) in [4.78, 5) is 43.8. The molecule has 1 heterocycles. The molecule has 0 unspecified atom stereocenters. The van der Waals surface area contributed by atoms with Gasteiger partial charge in [0.05, 0.1) is 5.56 Å². The molecule has 0 atom stereocenters. The highest BCUT2D eigenvalue weighted by Gasteiger charge is 2.25. The number of hydrogen-bond acceptors (Lipinski definition) is 4. The highest BCUT2D eigenvalue weighted by Crippen LogP contribution is 2.27. The van der Waals surface area contributed by atoms with E-state index in [-0.39, 0.29) is 29.8 Å². The number of benzene rings is 1. The fraction of sp³-hybridized carbons (Fsp3) is 0.625. The summed E-state index contributed by atoms with van der Waals surface area (Å²) in [7, 11) is 0. The van der Waals surface area contributed by atoms with Crippen LogP contribution in [-0.4, -0.2) is 73.0 Å². The van der Waals surface area contributed by atoms with Gasteiger partial charge in [-0.25, -0.2) is 4.79 Å². The summed E-state index contributed by atoms with van der Waals surface area (Å²) >= 11 is 0. The van der Waals surface area contributed by atoms with Crippen molar-refractivity contribution in [2.45, 2.75) is 54.0 Å². The summed E-state index contributed by atoms with van der Waals surface area (Å²) in [5.41, 5.74) is 2.04. The summed E-state index contributed by atoms with van der Waals surface area (Å²) in [6.07, 6.45) is 0.816. The van der Waals surface area contributed by atoms with E-state index in [0.717, 1.165) is 18.7 Å². The third-order valence-electron chi connectivity index (χ3n) is 5.61. The van der Waals surface area contributed by atoms with E-state index >= 15 is 0 Å². The topological polar surface area (TPSA) is 85.0 Å². The first-order valence-corrected chi connectivity index (χ1v) is 11.7. The maximum Gasteiger partial charge on any atom is 0.317 e. The number of anilines is 2. The van der Waals surface area contributed by atoms with Gasteiger partial charge in [-0.05, 0) is 52.3 Å². The number of carbonyl (C=O) groups excluding carboxylic acids is 3. The highest BCUT2D eigenvalue weighted by molar-refractivity contribution is 6.02. The summed E-state index contributed by atoms with van der Waals surface area (Å²) in [6, 6.07) is 5.59. The van der Waals surface area contributed by atoms with Crippen molar-refractivity contribution in [3.63, 3.8) is 0 Å². The Morgan fingerprint density at radius 1 is 1.00 bits per heavy atom. The molecule has 0 saturated carbocycles. The second-order valence-corrected chi connectivity index (χ2v) is 8.79. The number of nitrogens with one attached hydrogen (secondary N) is 2. The molecule has 178 valence electrons. The number of carbonyl (C=O) groups is 3. The molecular formula is C24H39N5O3. The van der Waals surface area contributed by atoms with Gasteiger partial charge in [-0.3, -0.25) is 9.59 Å². The Morgan fingerprint density at radius 3 is 2.28 bits per heavy atom. The lowest BCUT2D eigenvalue weighted by atomic mass is 10.1. The molecule has 8 nitrogen and oxygen atoms in total. The fourth-order valence-corrected chi connectivity index (χ4v) is 3.73. The summed E-state index contributed by atoms with van der Waals surface area (Å²) in [5.74, 6) is -0.282. The maximum absolute atomic E-state index is 13.3. The van der Waals surface area contributed by atoms with Crippen LogP contribution in [0.15, 0.2) is 18.2 Å². The van der Waals surface area contributed by atoms with Gasteiger partial charge in [-0.1, -0.05) is 13.8 Å². The molecule has 0 radical (unpaired) electrons. The second-order valence-electron chi connectivity index (χ2n) is 8.79. The van der Waals surface area contributed by atoms with E-state index in [1.165, 1.54) is 0 Å². The van der Waals surface area contributed by atoms with Gasteiger partial charge >= 0.3 is 6.03 Å². The normalized spacial score (nSPS) is 14.4. The lowest BCUT2D eigenvalue weighted by Gasteiger charge is -2.28. The third kappa shape index (κ3) is 6.61. The van der Waals surface area contributed by atoms with Gasteiger partial charge < -0.3 is 25.3 Å². The summed E-state index contributed by atoms with van der Waals surface area (Å²) in [6.45, 7) is 15.4. The van der Waals surface area contributed by atoms with Crippen LogP contribution in [0, 0.1) is 5.92 Å². The smallest absolute Gasteiger partial charge is 0.317 e. The van der Waals surface area contributed by atoms with Crippen LogP contribution in [0.2, 0.25) is 0 Å². The molecule has 0 aliphatic carbocycles. The molecule has 0 spiro atoms. The lowest BCUT2D eigenvalue weighted by molar-refractivity contribution is -0.118. The van der Waals surface area contributed by atoms with Gasteiger partial charge in [-0.15, -0.1) is 0 Å². The predicted octanol–water partition coefficient (Wildman–Crippen LogP) is 3.39. The zero-order chi connectivity index (χ0) is 23.8. The molecule has 0 bridgehead atoms. The number of urea groups is 1. The van der Waals surface area contributed by atoms with Crippen molar-refractivity contribution < 1.29 is 14.4 Å². The molecule has 1 aliphatic heterocycles. The number of rotatable bonds is 7. The number of nitrogens with zero attached hydrogens (tertiary/aromatic N) is 3. The van der Waals surface area contributed by atoms with E-state index in [1.807, 2.05) is 58.6 Å². The van der Waals surface area contributed by atoms with Crippen LogP contribution in [0.4, 0.5) is 16.2 Å². The number of hydrogen-bond donors (Lipinski definition) is 2. The Kier molecular flexibility index (Phi) is 9.35. The van der Waals surface area contributed by atoms with Crippen LogP contribution in [0.5, 0.6) is 0 Å². The molecule has 4 amide bonds. The van der Waals surface area contributed by atoms with Crippen molar-refractivity contribution in [2.75, 3.05) is 49.5 Å². The summed E-state index contributed by atoms with van der Waals surface area (Å²) < 4.78 is 0. The Hall–Kier alpha value is -2.77. The van der Waals surface area contributed by atoms with Crippen LogP contribution in [0.3, 0.4) is 0 Å². The average Bonchev–Trinajstić information content (AvgIpc) is 3.00. The lowest BCUT2D eigenvalue weighted by Crippen LogP contribution is -2.44. The summed E-state index contributed by atoms with van der Waals surface area (Å²) in [5, 5.41) is 5.86. The van der Waals surface area contributed by atoms with Crippen molar-refractivity contribution in [3.05, 3.63) is 23.8 Å². The van der Waals surface area contributed by atoms with Crippen molar-refractivity contribution in [1.29, 1.82) is 0 Å². The molecule has 1 saturated heterocycles. The largest absolute Gasteiger partial charge is 0.369 e. The van der Waals surface area contributed by atoms with E-state index < -0.39 is 0 Å². The molecule has 0 aromatic heterocycles. The molecule has 1 aromatic rings. The zero-order valence-electron chi connectivity index (χ0n) is 20.4. The molecule has 2 rings (SSSR count). The van der Waals surface area contributed by atoms with E-state index in [2.05, 4.69) is 15.5 Å². The van der Waals surface area contributed by atoms with Crippen LogP contribution in [0.1, 0.15) is 58.3 Å². The first kappa shape index (κ1) is 25.5. The van der Waals surface area contributed by atoms with Crippen LogP contribution >= 0.6 is 0 Å². The number of amides is 4. The van der Waals surface area contributed by atoms with E-state index in [4.69, 9.17) is 0 Å². The monoisotopic (exact) mass is 445 g/mol. The van der Waals surface area contributed by atoms with Gasteiger partial charge in [0.2, 0.25) is 5.91 Å². The van der Waals surface area contributed by atoms with Gasteiger partial charge in [0.15, 0.2) is 0 Å². The van der Waals surface area contributed by atoms with Crippen molar-refractivity contribution >= 4 is 29.2 Å². The second kappa shape index (κ2) is 11.7. The molecule has 2 N–H and O–H groups in total. The van der Waals surface area contributed by atoms with E-state index in [9.17, 15) is 14.4 Å². The minimum absolute atomic E-state index is 0.0481. The van der Waals surface area contributed by atoms with Crippen molar-refractivity contribution in [3.8, 4) is 0 Å². The highest BCUT2D eigenvalue weighted by atomic mass is 16.2. The van der Waals surface area contributed by atoms with Gasteiger partial charge in [0.25, 0.3) is 5.91 Å². The minimum atomic E-state index is -0.148. The minimum Gasteiger partial charge on any atom is -0.369 e. The standard InChI is InChI=1S/C24H39N5O3/c1-7-27(8-2)23(31)20-16-19(26-22(30)17(3)4)10-11-21(20)28-12-9-13-29(15-14-28)24(32)25-18(5)6/h10-11,16-18H,7-9,12-15H2,1-6H3,(H,25,32)(H,26,30). The molecule has 32 heavy (non-hydrogen) atoms. The molecular weight excluding hydrogens is 406 g/mol. The van der Waals surface area contributed by atoms with E-state index in [0.29, 0.717) is 44.0 Å². The SMILES string of the molecule is CCN(CC)C(=O)c1cc(NC(=O)C(C)C)ccc1N1CCCN(C(=O)NC(C)C)CC1. The van der Waals surface area contributed by atoms with Crippen LogP contribution < -0.4 is 15.5 Å². The molecule has 1 aromatic carbocycles. The van der Waals surface area contributed by atoms with Gasteiger partial charge in [-0.2, -0.15) is 0 Å². The van der Waals surface area contributed by atoms with Crippen molar-refractivity contribution in [1.82, 2.24) is 15.1 Å². The third-order valence-corrected chi connectivity index (χ3v) is 5.61.